The van der Waals surface area contributed by atoms with Gasteiger partial charge in [0.25, 0.3) is 0 Å². The van der Waals surface area contributed by atoms with E-state index < -0.39 is 12.4 Å². The van der Waals surface area contributed by atoms with Crippen LogP contribution in [-0.2, 0) is 0 Å². The summed E-state index contributed by atoms with van der Waals surface area (Å²) in [5, 5.41) is 0. The lowest BCUT2D eigenvalue weighted by Gasteiger charge is -2.21. The van der Waals surface area contributed by atoms with Crippen LogP contribution in [0, 0.1) is 3.57 Å². The zero-order valence-electron chi connectivity index (χ0n) is 10.7. The molecule has 0 spiro atoms. The molecule has 0 heterocycles. The number of rotatable bonds is 4. The van der Waals surface area contributed by atoms with E-state index in [9.17, 15) is 13.2 Å². The highest BCUT2D eigenvalue weighted by Gasteiger charge is 2.33. The van der Waals surface area contributed by atoms with E-state index in [1.54, 1.807) is 24.3 Å². The Bertz CT molecular complexity index is 619. The molecule has 112 valence electrons. The number of hydrogen-bond acceptors (Lipinski definition) is 3. The zero-order chi connectivity index (χ0) is 15.5. The summed E-state index contributed by atoms with van der Waals surface area (Å²) in [5.74, 6) is 5.28. The van der Waals surface area contributed by atoms with Gasteiger partial charge in [0.05, 0.1) is 6.04 Å². The van der Waals surface area contributed by atoms with E-state index in [1.807, 2.05) is 12.1 Å². The van der Waals surface area contributed by atoms with Crippen molar-refractivity contribution in [3.63, 3.8) is 0 Å². The Morgan fingerprint density at radius 1 is 1.00 bits per heavy atom. The average molecular weight is 408 g/mol. The smallest absolute Gasteiger partial charge is 0.405 e. The maximum Gasteiger partial charge on any atom is 0.573 e. The largest absolute Gasteiger partial charge is 0.573 e. The van der Waals surface area contributed by atoms with Gasteiger partial charge in [-0.15, -0.1) is 13.2 Å². The van der Waals surface area contributed by atoms with Gasteiger partial charge in [-0.05, 0) is 40.3 Å². The molecular formula is C14H12F3IN2O. The van der Waals surface area contributed by atoms with E-state index in [1.165, 1.54) is 12.1 Å². The predicted molar refractivity (Wildman–Crippen MR) is 81.5 cm³/mol. The van der Waals surface area contributed by atoms with Gasteiger partial charge in [0.1, 0.15) is 5.75 Å². The van der Waals surface area contributed by atoms with Gasteiger partial charge in [-0.1, -0.05) is 36.4 Å². The summed E-state index contributed by atoms with van der Waals surface area (Å²) < 4.78 is 42.5. The van der Waals surface area contributed by atoms with Gasteiger partial charge < -0.3 is 4.74 Å². The van der Waals surface area contributed by atoms with Crippen LogP contribution in [0.4, 0.5) is 13.2 Å². The summed E-state index contributed by atoms with van der Waals surface area (Å²) in [7, 11) is 0. The van der Waals surface area contributed by atoms with Crippen molar-refractivity contribution in [2.24, 2.45) is 5.84 Å². The molecule has 0 saturated carbocycles. The van der Waals surface area contributed by atoms with Crippen molar-refractivity contribution < 1.29 is 17.9 Å². The molecule has 0 aromatic heterocycles. The van der Waals surface area contributed by atoms with Crippen LogP contribution in [0.2, 0.25) is 0 Å². The maximum atomic E-state index is 12.5. The quantitative estimate of drug-likeness (QED) is 0.461. The Morgan fingerprint density at radius 2 is 1.57 bits per heavy atom. The summed E-state index contributed by atoms with van der Waals surface area (Å²) in [6.07, 6.45) is -4.75. The fourth-order valence-corrected chi connectivity index (χ4v) is 2.69. The predicted octanol–water partition coefficient (Wildman–Crippen LogP) is 3.74. The van der Waals surface area contributed by atoms with Crippen molar-refractivity contribution in [3.8, 4) is 5.75 Å². The molecule has 1 unspecified atom stereocenters. The number of hydrogen-bond donors (Lipinski definition) is 2. The lowest BCUT2D eigenvalue weighted by atomic mass is 9.98. The molecular weight excluding hydrogens is 396 g/mol. The number of para-hydroxylation sites is 1. The molecule has 1 atom stereocenters. The van der Waals surface area contributed by atoms with E-state index in [0.29, 0.717) is 5.56 Å². The summed E-state index contributed by atoms with van der Waals surface area (Å²) in [4.78, 5) is 0. The van der Waals surface area contributed by atoms with Crippen LogP contribution in [-0.4, -0.2) is 6.36 Å². The van der Waals surface area contributed by atoms with Crippen LogP contribution in [0.3, 0.4) is 0 Å². The van der Waals surface area contributed by atoms with Crippen LogP contribution in [0.5, 0.6) is 5.75 Å². The van der Waals surface area contributed by atoms with Crippen molar-refractivity contribution in [2.45, 2.75) is 12.4 Å². The minimum Gasteiger partial charge on any atom is -0.405 e. The molecule has 0 aliphatic rings. The Labute approximate surface area is 133 Å². The Morgan fingerprint density at radius 3 is 2.14 bits per heavy atom. The van der Waals surface area contributed by atoms with Gasteiger partial charge in [0.2, 0.25) is 0 Å². The molecule has 21 heavy (non-hydrogen) atoms. The molecule has 0 radical (unpaired) electrons. The van der Waals surface area contributed by atoms with Crippen molar-refractivity contribution in [2.75, 3.05) is 0 Å². The second-order valence-electron chi connectivity index (χ2n) is 4.21. The van der Waals surface area contributed by atoms with Gasteiger partial charge in [0, 0.05) is 9.13 Å². The average Bonchev–Trinajstić information content (AvgIpc) is 2.42. The number of alkyl halides is 3. The van der Waals surface area contributed by atoms with Gasteiger partial charge >= 0.3 is 6.36 Å². The second kappa shape index (κ2) is 6.63. The lowest BCUT2D eigenvalue weighted by Crippen LogP contribution is -2.30. The SMILES string of the molecule is NNC(c1ccccc1I)c1ccccc1OC(F)(F)F. The minimum absolute atomic E-state index is 0.271. The first-order valence-electron chi connectivity index (χ1n) is 5.97. The fourth-order valence-electron chi connectivity index (χ4n) is 1.99. The molecule has 3 N–H and O–H groups in total. The van der Waals surface area contributed by atoms with E-state index in [0.717, 1.165) is 9.13 Å². The van der Waals surface area contributed by atoms with E-state index in [4.69, 9.17) is 5.84 Å². The number of nitrogens with one attached hydrogen (secondary N) is 1. The zero-order valence-corrected chi connectivity index (χ0v) is 12.9. The highest BCUT2D eigenvalue weighted by atomic mass is 127. The third kappa shape index (κ3) is 4.08. The topological polar surface area (TPSA) is 47.3 Å². The Balaban J connectivity index is 2.46. The molecule has 0 aliphatic carbocycles. The van der Waals surface area contributed by atoms with Crippen LogP contribution < -0.4 is 16.0 Å². The molecule has 3 nitrogen and oxygen atoms in total. The molecule has 0 fully saturated rings. The minimum atomic E-state index is -4.75. The monoisotopic (exact) mass is 408 g/mol. The molecule has 2 aromatic rings. The molecule has 7 heteroatoms. The number of ether oxygens (including phenoxy) is 1. The van der Waals surface area contributed by atoms with Gasteiger partial charge in [-0.2, -0.15) is 0 Å². The maximum absolute atomic E-state index is 12.5. The fraction of sp³-hybridized carbons (Fsp3) is 0.143. The summed E-state index contributed by atoms with van der Waals surface area (Å²) in [5.41, 5.74) is 3.65. The molecule has 0 saturated heterocycles. The van der Waals surface area contributed by atoms with Gasteiger partial charge in [-0.25, -0.2) is 5.43 Å². The summed E-state index contributed by atoms with van der Waals surface area (Å²) in [6.45, 7) is 0. The standard InChI is InChI=1S/C14H12F3IN2O/c15-14(16,17)21-12-8-4-2-6-10(12)13(20-19)9-5-1-3-7-11(9)18/h1-8,13,20H,19H2. The van der Waals surface area contributed by atoms with E-state index >= 15 is 0 Å². The lowest BCUT2D eigenvalue weighted by molar-refractivity contribution is -0.275. The second-order valence-corrected chi connectivity index (χ2v) is 5.37. The van der Waals surface area contributed by atoms with Crippen molar-refractivity contribution >= 4 is 22.6 Å². The van der Waals surface area contributed by atoms with Crippen molar-refractivity contribution in [1.29, 1.82) is 0 Å². The number of halogens is 4. The molecule has 2 aromatic carbocycles. The normalized spacial score (nSPS) is 13.0. The summed E-state index contributed by atoms with van der Waals surface area (Å²) in [6, 6.07) is 12.6. The van der Waals surface area contributed by atoms with Crippen molar-refractivity contribution in [1.82, 2.24) is 5.43 Å². The third-order valence-corrected chi connectivity index (χ3v) is 3.82. The first kappa shape index (κ1) is 16.1. The van der Waals surface area contributed by atoms with Gasteiger partial charge in [0.15, 0.2) is 0 Å². The number of hydrazine groups is 1. The van der Waals surface area contributed by atoms with Crippen LogP contribution in [0.1, 0.15) is 17.2 Å². The number of benzene rings is 2. The van der Waals surface area contributed by atoms with E-state index in [2.05, 4.69) is 32.8 Å². The molecule has 0 bridgehead atoms. The molecule has 0 amide bonds. The Hall–Kier alpha value is -1.32. The Kier molecular flexibility index (Phi) is 5.07. The highest BCUT2D eigenvalue weighted by Crippen LogP contribution is 2.34. The van der Waals surface area contributed by atoms with Crippen LogP contribution in [0.25, 0.3) is 0 Å². The van der Waals surface area contributed by atoms with Crippen LogP contribution >= 0.6 is 22.6 Å². The summed E-state index contributed by atoms with van der Waals surface area (Å²) >= 11 is 2.11. The third-order valence-electron chi connectivity index (χ3n) is 2.84. The van der Waals surface area contributed by atoms with E-state index in [-0.39, 0.29) is 5.75 Å². The van der Waals surface area contributed by atoms with Crippen LogP contribution in [0.15, 0.2) is 48.5 Å². The first-order valence-corrected chi connectivity index (χ1v) is 7.05. The molecule has 2 rings (SSSR count). The number of nitrogens with two attached hydrogens (primary N) is 1. The highest BCUT2D eigenvalue weighted by molar-refractivity contribution is 14.1. The first-order chi connectivity index (χ1) is 9.92. The van der Waals surface area contributed by atoms with Crippen molar-refractivity contribution in [3.05, 3.63) is 63.2 Å². The van der Waals surface area contributed by atoms with Gasteiger partial charge in [-0.3, -0.25) is 5.84 Å². The molecule has 0 aliphatic heterocycles.